The third-order valence-corrected chi connectivity index (χ3v) is 3.44. The number of hydrogen-bond acceptors (Lipinski definition) is 4. The van der Waals surface area contributed by atoms with E-state index in [1.165, 1.54) is 36.4 Å². The van der Waals surface area contributed by atoms with E-state index >= 15 is 0 Å². The Bertz CT molecular complexity index is 905. The third-order valence-electron chi connectivity index (χ3n) is 3.44. The van der Waals surface area contributed by atoms with Gasteiger partial charge in [-0.2, -0.15) is 0 Å². The minimum atomic E-state index is -0.476. The molecule has 0 spiro atoms. The van der Waals surface area contributed by atoms with Crippen LogP contribution in [0.5, 0.6) is 0 Å². The van der Waals surface area contributed by atoms with Gasteiger partial charge in [0.15, 0.2) is 0 Å². The van der Waals surface area contributed by atoms with E-state index in [2.05, 4.69) is 15.3 Å². The van der Waals surface area contributed by atoms with E-state index in [1.807, 2.05) is 0 Å². The molecule has 0 saturated heterocycles. The molecule has 122 valence electrons. The van der Waals surface area contributed by atoms with Crippen LogP contribution in [0.2, 0.25) is 0 Å². The summed E-state index contributed by atoms with van der Waals surface area (Å²) in [5, 5.41) is 13.4. The molecule has 7 nitrogen and oxygen atoms in total. The summed E-state index contributed by atoms with van der Waals surface area (Å²) in [5.74, 6) is -0.0304. The van der Waals surface area contributed by atoms with Crippen LogP contribution < -0.4 is 5.32 Å². The number of nitro benzene ring substituents is 1. The summed E-state index contributed by atoms with van der Waals surface area (Å²) < 4.78 is 12.8. The van der Waals surface area contributed by atoms with Crippen molar-refractivity contribution in [3.63, 3.8) is 0 Å². The van der Waals surface area contributed by atoms with E-state index in [0.29, 0.717) is 29.0 Å². The Morgan fingerprint density at radius 2 is 2.00 bits per heavy atom. The second-order valence-electron chi connectivity index (χ2n) is 5.20. The van der Waals surface area contributed by atoms with Gasteiger partial charge in [0, 0.05) is 30.7 Å². The Morgan fingerprint density at radius 3 is 2.71 bits per heavy atom. The number of nitrogens with one attached hydrogen (secondary N) is 2. The van der Waals surface area contributed by atoms with E-state index in [1.54, 1.807) is 6.07 Å². The van der Waals surface area contributed by atoms with Gasteiger partial charge < -0.3 is 10.3 Å². The maximum Gasteiger partial charge on any atom is 0.271 e. The van der Waals surface area contributed by atoms with Crippen LogP contribution in [0.25, 0.3) is 11.0 Å². The second kappa shape index (κ2) is 6.45. The van der Waals surface area contributed by atoms with Gasteiger partial charge in [-0.05, 0) is 30.3 Å². The predicted octanol–water partition coefficient (Wildman–Crippen LogP) is 3.18. The minimum Gasteiger partial charge on any atom is -0.342 e. The van der Waals surface area contributed by atoms with Gasteiger partial charge in [-0.15, -0.1) is 0 Å². The van der Waals surface area contributed by atoms with Crippen molar-refractivity contribution in [1.29, 1.82) is 0 Å². The van der Waals surface area contributed by atoms with E-state index < -0.39 is 4.92 Å². The maximum absolute atomic E-state index is 12.8. The third kappa shape index (κ3) is 3.54. The van der Waals surface area contributed by atoms with Crippen LogP contribution in [0.1, 0.15) is 12.2 Å². The smallest absolute Gasteiger partial charge is 0.271 e. The molecule has 0 aliphatic rings. The van der Waals surface area contributed by atoms with Crippen LogP contribution in [0.3, 0.4) is 0 Å². The van der Waals surface area contributed by atoms with Crippen molar-refractivity contribution in [3.05, 3.63) is 64.2 Å². The number of aromatic nitrogens is 2. The number of fused-ring (bicyclic) bond motifs is 1. The molecule has 0 radical (unpaired) electrons. The van der Waals surface area contributed by atoms with E-state index in [-0.39, 0.29) is 23.8 Å². The van der Waals surface area contributed by atoms with Gasteiger partial charge in [0.25, 0.3) is 5.69 Å². The largest absolute Gasteiger partial charge is 0.342 e. The average Bonchev–Trinajstić information content (AvgIpc) is 2.97. The number of anilines is 1. The number of rotatable bonds is 5. The summed E-state index contributed by atoms with van der Waals surface area (Å²) in [6, 6.07) is 9.84. The SMILES string of the molecule is O=C(CCc1nc2ccc([N+](=O)[O-])cc2[nH]1)Nc1ccc(F)cc1. The van der Waals surface area contributed by atoms with Crippen LogP contribution in [-0.4, -0.2) is 20.8 Å². The lowest BCUT2D eigenvalue weighted by Crippen LogP contribution is -2.12. The second-order valence-corrected chi connectivity index (χ2v) is 5.20. The minimum absolute atomic E-state index is 0.0215. The molecule has 3 rings (SSSR count). The predicted molar refractivity (Wildman–Crippen MR) is 86.1 cm³/mol. The number of halogens is 1. The van der Waals surface area contributed by atoms with Crippen molar-refractivity contribution in [1.82, 2.24) is 9.97 Å². The number of carbonyl (C=O) groups excluding carboxylic acids is 1. The summed E-state index contributed by atoms with van der Waals surface area (Å²) >= 11 is 0. The lowest BCUT2D eigenvalue weighted by molar-refractivity contribution is -0.384. The molecule has 0 fully saturated rings. The summed E-state index contributed by atoms with van der Waals surface area (Å²) in [4.78, 5) is 29.4. The molecule has 0 atom stereocenters. The highest BCUT2D eigenvalue weighted by Gasteiger charge is 2.11. The number of aromatic amines is 1. The molecule has 1 aromatic heterocycles. The molecule has 1 heterocycles. The number of nitro groups is 1. The number of benzene rings is 2. The molecule has 24 heavy (non-hydrogen) atoms. The van der Waals surface area contributed by atoms with Gasteiger partial charge in [0.2, 0.25) is 5.91 Å². The van der Waals surface area contributed by atoms with Crippen LogP contribution in [0.15, 0.2) is 42.5 Å². The van der Waals surface area contributed by atoms with Crippen LogP contribution in [0, 0.1) is 15.9 Å². The Balaban J connectivity index is 1.63. The number of nitrogens with zero attached hydrogens (tertiary/aromatic N) is 2. The summed E-state index contributed by atoms with van der Waals surface area (Å²) in [6.07, 6.45) is 0.537. The molecular weight excluding hydrogens is 315 g/mol. The number of amides is 1. The standard InChI is InChI=1S/C16H13FN4O3/c17-10-1-3-11(4-2-10)18-16(22)8-7-15-19-13-6-5-12(21(23)24)9-14(13)20-15/h1-6,9H,7-8H2,(H,18,22)(H,19,20). The lowest BCUT2D eigenvalue weighted by Gasteiger charge is -2.04. The Morgan fingerprint density at radius 1 is 1.25 bits per heavy atom. The van der Waals surface area contributed by atoms with Crippen molar-refractivity contribution >= 4 is 28.3 Å². The van der Waals surface area contributed by atoms with E-state index in [4.69, 9.17) is 0 Å². The van der Waals surface area contributed by atoms with Gasteiger partial charge in [-0.3, -0.25) is 14.9 Å². The molecule has 0 bridgehead atoms. The molecule has 3 aromatic rings. The van der Waals surface area contributed by atoms with Gasteiger partial charge in [0.1, 0.15) is 11.6 Å². The molecule has 1 amide bonds. The number of aryl methyl sites for hydroxylation is 1. The normalized spacial score (nSPS) is 10.7. The molecule has 8 heteroatoms. The fraction of sp³-hybridized carbons (Fsp3) is 0.125. The molecule has 0 aliphatic carbocycles. The highest BCUT2D eigenvalue weighted by molar-refractivity contribution is 5.90. The summed E-state index contributed by atoms with van der Waals surface area (Å²) in [6.45, 7) is 0. The maximum atomic E-state index is 12.8. The van der Waals surface area contributed by atoms with Gasteiger partial charge in [-0.25, -0.2) is 9.37 Å². The van der Waals surface area contributed by atoms with Crippen LogP contribution >= 0.6 is 0 Å². The first-order valence-electron chi connectivity index (χ1n) is 7.20. The lowest BCUT2D eigenvalue weighted by atomic mass is 10.2. The molecule has 0 saturated carbocycles. The first-order chi connectivity index (χ1) is 11.5. The van der Waals surface area contributed by atoms with Crippen LogP contribution in [0.4, 0.5) is 15.8 Å². The van der Waals surface area contributed by atoms with Gasteiger partial charge in [0.05, 0.1) is 16.0 Å². The van der Waals surface area contributed by atoms with Crippen molar-refractivity contribution in [2.24, 2.45) is 0 Å². The monoisotopic (exact) mass is 328 g/mol. The average molecular weight is 328 g/mol. The number of imidazole rings is 1. The first-order valence-corrected chi connectivity index (χ1v) is 7.20. The van der Waals surface area contributed by atoms with Crippen molar-refractivity contribution in [2.45, 2.75) is 12.8 Å². The number of H-pyrrole nitrogens is 1. The quantitative estimate of drug-likeness (QED) is 0.555. The molecule has 2 N–H and O–H groups in total. The van der Waals surface area contributed by atoms with Gasteiger partial charge >= 0.3 is 0 Å². The number of carbonyl (C=O) groups is 1. The topological polar surface area (TPSA) is 101 Å². The zero-order valence-electron chi connectivity index (χ0n) is 12.5. The molecule has 0 aliphatic heterocycles. The van der Waals surface area contributed by atoms with E-state index in [9.17, 15) is 19.3 Å². The zero-order valence-corrected chi connectivity index (χ0v) is 12.5. The Hall–Kier alpha value is -3.29. The fourth-order valence-corrected chi connectivity index (χ4v) is 2.27. The molecule has 2 aromatic carbocycles. The van der Waals surface area contributed by atoms with Crippen molar-refractivity contribution < 1.29 is 14.1 Å². The highest BCUT2D eigenvalue weighted by Crippen LogP contribution is 2.19. The van der Waals surface area contributed by atoms with Crippen molar-refractivity contribution in [2.75, 3.05) is 5.32 Å². The summed E-state index contributed by atoms with van der Waals surface area (Å²) in [5.41, 5.74) is 1.65. The number of non-ortho nitro benzene ring substituents is 1. The number of hydrogen-bond donors (Lipinski definition) is 2. The Labute approximate surface area is 135 Å². The first kappa shape index (κ1) is 15.6. The van der Waals surface area contributed by atoms with Crippen LogP contribution in [-0.2, 0) is 11.2 Å². The zero-order chi connectivity index (χ0) is 17.1. The van der Waals surface area contributed by atoms with Gasteiger partial charge in [-0.1, -0.05) is 0 Å². The summed E-state index contributed by atoms with van der Waals surface area (Å²) in [7, 11) is 0. The van der Waals surface area contributed by atoms with Crippen molar-refractivity contribution in [3.8, 4) is 0 Å². The highest BCUT2D eigenvalue weighted by atomic mass is 19.1. The fourth-order valence-electron chi connectivity index (χ4n) is 2.27. The van der Waals surface area contributed by atoms with E-state index in [0.717, 1.165) is 0 Å². The molecule has 0 unspecified atom stereocenters. The Kier molecular flexibility index (Phi) is 4.19. The molecular formula is C16H13FN4O3.